The lowest BCUT2D eigenvalue weighted by molar-refractivity contribution is -0.00629. The maximum absolute atomic E-state index is 12.8. The average molecular weight is 359 g/mol. The lowest BCUT2D eigenvalue weighted by atomic mass is 9.75. The number of hydrogen-bond donors (Lipinski definition) is 1. The monoisotopic (exact) mass is 359 g/mol. The number of aliphatic hydroxyl groups is 1. The Balaban J connectivity index is 1.58. The summed E-state index contributed by atoms with van der Waals surface area (Å²) in [4.78, 5) is 18.3. The first-order valence-corrected chi connectivity index (χ1v) is 9.28. The first-order valence-electron chi connectivity index (χ1n) is 9.28. The summed E-state index contributed by atoms with van der Waals surface area (Å²) in [6.45, 7) is -0.186. The molecule has 1 aliphatic heterocycles. The molecule has 2 aromatic rings. The fourth-order valence-corrected chi connectivity index (χ4v) is 4.16. The van der Waals surface area contributed by atoms with Crippen LogP contribution >= 0.6 is 0 Å². The van der Waals surface area contributed by atoms with Gasteiger partial charge < -0.3 is 10.0 Å². The van der Waals surface area contributed by atoms with Gasteiger partial charge in [-0.1, -0.05) is 36.4 Å². The molecule has 5 heteroatoms. The molecule has 0 bridgehead atoms. The number of hydrogen-bond acceptors (Lipinski definition) is 4. The van der Waals surface area contributed by atoms with Crippen molar-refractivity contribution >= 4 is 11.5 Å². The molecular weight excluding hydrogens is 338 g/mol. The maximum atomic E-state index is 12.8. The van der Waals surface area contributed by atoms with Crippen LogP contribution in [0.2, 0.25) is 0 Å². The number of allylic oxidation sites excluding steroid dienone is 2. The number of rotatable bonds is 4. The second-order valence-electron chi connectivity index (χ2n) is 7.02. The third-order valence-corrected chi connectivity index (χ3v) is 5.56. The van der Waals surface area contributed by atoms with Gasteiger partial charge in [0.05, 0.1) is 18.7 Å². The Morgan fingerprint density at radius 1 is 1.26 bits per heavy atom. The highest BCUT2D eigenvalue weighted by atomic mass is 16.3. The highest BCUT2D eigenvalue weighted by Gasteiger charge is 2.52. The molecule has 0 spiro atoms. The minimum Gasteiger partial charge on any atom is -0.394 e. The number of likely N-dealkylation sites (tertiary alicyclic amines) is 1. The molecule has 136 valence electrons. The summed E-state index contributed by atoms with van der Waals surface area (Å²) < 4.78 is 0. The van der Waals surface area contributed by atoms with Gasteiger partial charge in [0.1, 0.15) is 11.7 Å². The van der Waals surface area contributed by atoms with Gasteiger partial charge in [0.25, 0.3) is 5.91 Å². The second-order valence-corrected chi connectivity index (χ2v) is 7.02. The van der Waals surface area contributed by atoms with E-state index in [-0.39, 0.29) is 24.1 Å². The predicted octanol–water partition coefficient (Wildman–Crippen LogP) is 3.14. The molecule has 0 radical (unpaired) electrons. The lowest BCUT2D eigenvalue weighted by Crippen LogP contribution is -2.65. The van der Waals surface area contributed by atoms with Gasteiger partial charge in [-0.25, -0.2) is 0 Å². The number of aliphatic hydroxyl groups excluding tert-OH is 1. The van der Waals surface area contributed by atoms with Crippen LogP contribution in [0.1, 0.15) is 46.8 Å². The summed E-state index contributed by atoms with van der Waals surface area (Å²) >= 11 is 0. The highest BCUT2D eigenvalue weighted by molar-refractivity contribution is 5.94. The zero-order valence-electron chi connectivity index (χ0n) is 15.0. The van der Waals surface area contributed by atoms with Crippen LogP contribution in [-0.4, -0.2) is 39.6 Å². The summed E-state index contributed by atoms with van der Waals surface area (Å²) in [7, 11) is 0. The number of nitrogens with zero attached hydrogens (tertiary/aromatic N) is 3. The molecule has 1 saturated heterocycles. The molecule has 0 unspecified atom stereocenters. The molecule has 0 saturated carbocycles. The van der Waals surface area contributed by atoms with Crippen LogP contribution in [0.15, 0.2) is 54.7 Å². The van der Waals surface area contributed by atoms with E-state index in [4.69, 9.17) is 0 Å². The smallest absolute Gasteiger partial charge is 0.273 e. The maximum Gasteiger partial charge on any atom is 0.273 e. The normalized spacial score (nSPS) is 24.1. The van der Waals surface area contributed by atoms with Gasteiger partial charge >= 0.3 is 0 Å². The Bertz CT molecular complexity index is 899. The van der Waals surface area contributed by atoms with E-state index in [1.54, 1.807) is 24.4 Å². The van der Waals surface area contributed by atoms with Gasteiger partial charge in [0.15, 0.2) is 0 Å². The van der Waals surface area contributed by atoms with Crippen molar-refractivity contribution in [3.8, 4) is 6.07 Å². The van der Waals surface area contributed by atoms with Gasteiger partial charge in [-0.05, 0) is 48.1 Å². The molecule has 2 aliphatic rings. The molecule has 1 aliphatic carbocycles. The number of carbonyl (C=O) groups excluding carboxylic acids is 1. The fourth-order valence-electron chi connectivity index (χ4n) is 4.16. The van der Waals surface area contributed by atoms with E-state index in [0.717, 1.165) is 18.4 Å². The summed E-state index contributed by atoms with van der Waals surface area (Å²) in [6, 6.07) is 14.5. The summed E-state index contributed by atoms with van der Waals surface area (Å²) in [5, 5.41) is 19.6. The van der Waals surface area contributed by atoms with Crippen LogP contribution in [0.25, 0.3) is 5.57 Å². The van der Waals surface area contributed by atoms with E-state index in [2.05, 4.69) is 29.3 Å². The standard InChI is InChI=1S/C22H21N3O2/c23-13-19-21(17-10-8-16(9-11-17)15-5-1-2-6-15)20(14-26)25(19)22(27)18-7-3-4-12-24-18/h3-5,7-12,19-21,26H,1-2,6,14H2/t19-,20+,21+/m0/s1. The fraction of sp³-hybridized carbons (Fsp3) is 0.318. The van der Waals surface area contributed by atoms with Crippen molar-refractivity contribution in [2.75, 3.05) is 6.61 Å². The van der Waals surface area contributed by atoms with Gasteiger partial charge in [0.2, 0.25) is 0 Å². The first kappa shape index (κ1) is 17.4. The highest BCUT2D eigenvalue weighted by Crippen LogP contribution is 2.41. The molecule has 1 aromatic carbocycles. The van der Waals surface area contributed by atoms with Gasteiger partial charge in [-0.3, -0.25) is 9.78 Å². The quantitative estimate of drug-likeness (QED) is 0.910. The van der Waals surface area contributed by atoms with Crippen molar-refractivity contribution in [1.82, 2.24) is 9.88 Å². The summed E-state index contributed by atoms with van der Waals surface area (Å²) in [6.07, 6.45) is 7.27. The van der Waals surface area contributed by atoms with Gasteiger partial charge in [-0.15, -0.1) is 0 Å². The van der Waals surface area contributed by atoms with E-state index in [1.165, 1.54) is 22.5 Å². The minimum absolute atomic E-state index is 0.186. The number of carbonyl (C=O) groups is 1. The van der Waals surface area contributed by atoms with Crippen LogP contribution < -0.4 is 0 Å². The first-order chi connectivity index (χ1) is 13.2. The second kappa shape index (κ2) is 7.34. The topological polar surface area (TPSA) is 77.2 Å². The molecule has 5 nitrogen and oxygen atoms in total. The Hall–Kier alpha value is -2.97. The van der Waals surface area contributed by atoms with E-state index >= 15 is 0 Å². The number of benzene rings is 1. The van der Waals surface area contributed by atoms with Crippen molar-refractivity contribution in [2.24, 2.45) is 0 Å². The molecule has 3 atom stereocenters. The van der Waals surface area contributed by atoms with Crippen molar-refractivity contribution in [3.05, 3.63) is 71.6 Å². The molecule has 2 heterocycles. The van der Waals surface area contributed by atoms with Crippen LogP contribution in [-0.2, 0) is 0 Å². The predicted molar refractivity (Wildman–Crippen MR) is 102 cm³/mol. The summed E-state index contributed by atoms with van der Waals surface area (Å²) in [5.74, 6) is -0.510. The zero-order chi connectivity index (χ0) is 18.8. The van der Waals surface area contributed by atoms with Gasteiger partial charge in [0, 0.05) is 12.1 Å². The van der Waals surface area contributed by atoms with Crippen LogP contribution in [0, 0.1) is 11.3 Å². The Morgan fingerprint density at radius 2 is 2.07 bits per heavy atom. The largest absolute Gasteiger partial charge is 0.394 e. The number of amides is 1. The van der Waals surface area contributed by atoms with Crippen molar-refractivity contribution in [1.29, 1.82) is 5.26 Å². The SMILES string of the molecule is N#C[C@H]1[C@@H](c2ccc(C3=CCCC3)cc2)[C@@H](CO)N1C(=O)c1ccccn1. The van der Waals surface area contributed by atoms with E-state index in [9.17, 15) is 15.2 Å². The number of pyridine rings is 1. The van der Waals surface area contributed by atoms with E-state index < -0.39 is 12.1 Å². The minimum atomic E-state index is -0.604. The Morgan fingerprint density at radius 3 is 2.67 bits per heavy atom. The molecule has 1 amide bonds. The third kappa shape index (κ3) is 3.02. The van der Waals surface area contributed by atoms with Crippen molar-refractivity contribution < 1.29 is 9.90 Å². The molecule has 1 N–H and O–H groups in total. The van der Waals surface area contributed by atoms with Crippen LogP contribution in [0.5, 0.6) is 0 Å². The molecular formula is C22H21N3O2. The number of nitriles is 1. The average Bonchev–Trinajstić information content (AvgIpc) is 3.24. The Kier molecular flexibility index (Phi) is 4.74. The molecule has 4 rings (SSSR count). The van der Waals surface area contributed by atoms with Crippen molar-refractivity contribution in [3.63, 3.8) is 0 Å². The van der Waals surface area contributed by atoms with Crippen LogP contribution in [0.4, 0.5) is 0 Å². The number of aromatic nitrogens is 1. The zero-order valence-corrected chi connectivity index (χ0v) is 15.0. The molecule has 1 fully saturated rings. The molecule has 27 heavy (non-hydrogen) atoms. The summed E-state index contributed by atoms with van der Waals surface area (Å²) in [5.41, 5.74) is 3.86. The molecule has 1 aromatic heterocycles. The van der Waals surface area contributed by atoms with E-state index in [1.807, 2.05) is 12.1 Å². The van der Waals surface area contributed by atoms with Crippen molar-refractivity contribution in [2.45, 2.75) is 37.3 Å². The van der Waals surface area contributed by atoms with Gasteiger partial charge in [-0.2, -0.15) is 5.26 Å². The Labute approximate surface area is 158 Å². The van der Waals surface area contributed by atoms with E-state index in [0.29, 0.717) is 0 Å². The third-order valence-electron chi connectivity index (χ3n) is 5.56. The van der Waals surface area contributed by atoms with Crippen LogP contribution in [0.3, 0.4) is 0 Å². The lowest BCUT2D eigenvalue weighted by Gasteiger charge is -2.51.